The number of hydrogen-bond donors (Lipinski definition) is 2. The highest BCUT2D eigenvalue weighted by atomic mass is 16.5. The van der Waals surface area contributed by atoms with Gasteiger partial charge in [0, 0.05) is 43.4 Å². The maximum atomic E-state index is 14.3. The number of hydrogen-bond acceptors (Lipinski definition) is 6. The van der Waals surface area contributed by atoms with Gasteiger partial charge in [-0.1, -0.05) is 44.4 Å². The van der Waals surface area contributed by atoms with Gasteiger partial charge in [-0.3, -0.25) is 9.59 Å². The van der Waals surface area contributed by atoms with E-state index in [4.69, 9.17) is 9.47 Å². The standard InChI is InChI=1S/C36H53N3O5/c1-26-22-39(27(2)25-40)36(42)32-21-31(37-35(41)30-16-9-6-10-17-30)18-19-33(32)44-28(3)13-11-12-20-43-34(26)24-38(4)23-29-14-7-5-8-15-29/h6,9-10,16-19,21,26-29,34,40H,5,7-8,11-15,20,22-25H2,1-4H3,(H,37,41)/t26-,27-,28+,34-/m1/s1. The molecule has 242 valence electrons. The third kappa shape index (κ3) is 9.78. The Kier molecular flexibility index (Phi) is 13.1. The number of carbonyl (C=O) groups is 2. The van der Waals surface area contributed by atoms with Crippen LogP contribution in [0.4, 0.5) is 5.69 Å². The smallest absolute Gasteiger partial charge is 0.258 e. The molecule has 2 amide bonds. The van der Waals surface area contributed by atoms with Gasteiger partial charge in [-0.2, -0.15) is 0 Å². The van der Waals surface area contributed by atoms with Crippen LogP contribution in [-0.4, -0.2) is 84.9 Å². The zero-order chi connectivity index (χ0) is 31.5. The molecule has 2 N–H and O–H groups in total. The lowest BCUT2D eigenvalue weighted by Gasteiger charge is -2.36. The molecule has 8 nitrogen and oxygen atoms in total. The number of nitrogens with one attached hydrogen (secondary N) is 1. The first-order chi connectivity index (χ1) is 21.2. The van der Waals surface area contributed by atoms with Crippen LogP contribution in [0.15, 0.2) is 48.5 Å². The van der Waals surface area contributed by atoms with Gasteiger partial charge in [0.15, 0.2) is 0 Å². The van der Waals surface area contributed by atoms with Gasteiger partial charge in [-0.15, -0.1) is 0 Å². The van der Waals surface area contributed by atoms with Crippen molar-refractivity contribution in [1.82, 2.24) is 9.80 Å². The van der Waals surface area contributed by atoms with E-state index in [1.54, 1.807) is 35.2 Å². The molecule has 8 heteroatoms. The molecule has 2 aromatic rings. The van der Waals surface area contributed by atoms with Gasteiger partial charge >= 0.3 is 0 Å². The van der Waals surface area contributed by atoms with Crippen molar-refractivity contribution in [2.45, 2.75) is 90.4 Å². The van der Waals surface area contributed by atoms with Gasteiger partial charge in [0.2, 0.25) is 0 Å². The van der Waals surface area contributed by atoms with E-state index in [9.17, 15) is 14.7 Å². The van der Waals surface area contributed by atoms with Gasteiger partial charge in [-0.25, -0.2) is 0 Å². The molecule has 0 aromatic heterocycles. The van der Waals surface area contributed by atoms with Gasteiger partial charge in [0.25, 0.3) is 11.8 Å². The molecule has 44 heavy (non-hydrogen) atoms. The second-order valence-corrected chi connectivity index (χ2v) is 13.1. The quantitative estimate of drug-likeness (QED) is 0.369. The predicted molar refractivity (Wildman–Crippen MR) is 175 cm³/mol. The lowest BCUT2D eigenvalue weighted by Crippen LogP contribution is -2.47. The minimum Gasteiger partial charge on any atom is -0.490 e. The number of fused-ring (bicyclic) bond motifs is 1. The maximum absolute atomic E-state index is 14.3. The average Bonchev–Trinajstić information content (AvgIpc) is 3.03. The third-order valence-electron chi connectivity index (χ3n) is 9.13. The van der Waals surface area contributed by atoms with E-state index in [2.05, 4.69) is 24.2 Å². The molecule has 0 unspecified atom stereocenters. The number of ether oxygens (including phenoxy) is 2. The fraction of sp³-hybridized carbons (Fsp3) is 0.611. The van der Waals surface area contributed by atoms with Crippen LogP contribution in [0.5, 0.6) is 5.75 Å². The summed E-state index contributed by atoms with van der Waals surface area (Å²) in [7, 11) is 2.19. The van der Waals surface area contributed by atoms with Crippen LogP contribution in [-0.2, 0) is 4.74 Å². The lowest BCUT2D eigenvalue weighted by atomic mass is 9.89. The Bertz CT molecular complexity index is 1190. The van der Waals surface area contributed by atoms with E-state index >= 15 is 0 Å². The fourth-order valence-corrected chi connectivity index (χ4v) is 6.45. The Morgan fingerprint density at radius 2 is 1.75 bits per heavy atom. The van der Waals surface area contributed by atoms with Crippen molar-refractivity contribution in [3.63, 3.8) is 0 Å². The number of aliphatic hydroxyl groups excluding tert-OH is 1. The molecule has 0 saturated heterocycles. The zero-order valence-corrected chi connectivity index (χ0v) is 27.2. The molecule has 2 aliphatic rings. The number of aliphatic hydroxyl groups is 1. The van der Waals surface area contributed by atoms with Crippen LogP contribution in [0.1, 0.15) is 92.9 Å². The number of benzene rings is 2. The summed E-state index contributed by atoms with van der Waals surface area (Å²) in [5.74, 6) is 0.779. The molecule has 0 spiro atoms. The Morgan fingerprint density at radius 1 is 1.02 bits per heavy atom. The Labute approximate surface area is 264 Å². The van der Waals surface area contributed by atoms with Crippen LogP contribution in [0.3, 0.4) is 0 Å². The van der Waals surface area contributed by atoms with Crippen molar-refractivity contribution < 1.29 is 24.2 Å². The van der Waals surface area contributed by atoms with Crippen LogP contribution < -0.4 is 10.1 Å². The zero-order valence-electron chi connectivity index (χ0n) is 27.2. The molecule has 1 saturated carbocycles. The van der Waals surface area contributed by atoms with Crippen LogP contribution in [0.25, 0.3) is 0 Å². The number of rotatable bonds is 8. The van der Waals surface area contributed by atoms with Gasteiger partial charge < -0.3 is 29.7 Å². The van der Waals surface area contributed by atoms with Gasteiger partial charge in [0.1, 0.15) is 5.75 Å². The molecule has 0 radical (unpaired) electrons. The second-order valence-electron chi connectivity index (χ2n) is 13.1. The van der Waals surface area contributed by atoms with E-state index in [1.807, 2.05) is 32.0 Å². The normalized spacial score (nSPS) is 23.4. The number of amides is 2. The highest BCUT2D eigenvalue weighted by molar-refractivity contribution is 6.05. The van der Waals surface area contributed by atoms with E-state index in [-0.39, 0.29) is 36.5 Å². The Hall–Kier alpha value is -2.94. The Morgan fingerprint density at radius 3 is 2.48 bits per heavy atom. The minimum atomic E-state index is -0.411. The molecule has 1 heterocycles. The maximum Gasteiger partial charge on any atom is 0.258 e. The summed E-state index contributed by atoms with van der Waals surface area (Å²) in [6.07, 6.45) is 9.19. The van der Waals surface area contributed by atoms with Crippen molar-refractivity contribution in [2.24, 2.45) is 11.8 Å². The summed E-state index contributed by atoms with van der Waals surface area (Å²) in [6, 6.07) is 13.8. The first-order valence-electron chi connectivity index (χ1n) is 16.6. The van der Waals surface area contributed by atoms with Crippen molar-refractivity contribution in [3.8, 4) is 5.75 Å². The third-order valence-corrected chi connectivity index (χ3v) is 9.13. The summed E-state index contributed by atoms with van der Waals surface area (Å²) in [5, 5.41) is 13.2. The molecule has 1 fully saturated rings. The van der Waals surface area contributed by atoms with E-state index in [0.29, 0.717) is 35.7 Å². The highest BCUT2D eigenvalue weighted by Crippen LogP contribution is 2.29. The average molecular weight is 608 g/mol. The van der Waals surface area contributed by atoms with E-state index in [1.165, 1.54) is 32.1 Å². The van der Waals surface area contributed by atoms with E-state index in [0.717, 1.165) is 38.3 Å². The number of carbonyl (C=O) groups excluding carboxylic acids is 2. The molecule has 0 bridgehead atoms. The summed E-state index contributed by atoms with van der Waals surface area (Å²) in [4.78, 5) is 31.4. The minimum absolute atomic E-state index is 0.0361. The fourth-order valence-electron chi connectivity index (χ4n) is 6.45. The van der Waals surface area contributed by atoms with Crippen LogP contribution in [0, 0.1) is 11.8 Å². The topological polar surface area (TPSA) is 91.3 Å². The summed E-state index contributed by atoms with van der Waals surface area (Å²) < 4.78 is 12.9. The molecular formula is C36H53N3O5. The molecular weight excluding hydrogens is 554 g/mol. The number of likely N-dealkylation sites (N-methyl/N-ethyl adjacent to an activating group) is 1. The first-order valence-corrected chi connectivity index (χ1v) is 16.6. The number of anilines is 1. The second kappa shape index (κ2) is 16.9. The molecule has 2 aromatic carbocycles. The highest BCUT2D eigenvalue weighted by Gasteiger charge is 2.31. The summed E-state index contributed by atoms with van der Waals surface area (Å²) in [5.41, 5.74) is 1.42. The summed E-state index contributed by atoms with van der Waals surface area (Å²) in [6.45, 7) is 8.84. The SMILES string of the molecule is C[C@@H]1CN([C@H](C)CO)C(=O)c2cc(NC(=O)c3ccccc3)ccc2O[C@@H](C)CCCCO[C@@H]1CN(C)CC1CCCCC1. The monoisotopic (exact) mass is 607 g/mol. The van der Waals surface area contributed by atoms with Crippen molar-refractivity contribution in [1.29, 1.82) is 0 Å². The van der Waals surface area contributed by atoms with Crippen molar-refractivity contribution in [2.75, 3.05) is 45.2 Å². The van der Waals surface area contributed by atoms with Crippen molar-refractivity contribution >= 4 is 17.5 Å². The lowest BCUT2D eigenvalue weighted by molar-refractivity contribution is -0.0190. The first kappa shape index (κ1) is 33.9. The molecule has 1 aliphatic carbocycles. The van der Waals surface area contributed by atoms with Gasteiger partial charge in [0.05, 0.1) is 30.4 Å². The van der Waals surface area contributed by atoms with Gasteiger partial charge in [-0.05, 0) is 89.2 Å². The molecule has 4 atom stereocenters. The molecule has 1 aliphatic heterocycles. The van der Waals surface area contributed by atoms with Crippen molar-refractivity contribution in [3.05, 3.63) is 59.7 Å². The summed E-state index contributed by atoms with van der Waals surface area (Å²) >= 11 is 0. The predicted octanol–water partition coefficient (Wildman–Crippen LogP) is 6.25. The largest absolute Gasteiger partial charge is 0.490 e. The Balaban J connectivity index is 1.59. The number of nitrogens with zero attached hydrogens (tertiary/aromatic N) is 2. The van der Waals surface area contributed by atoms with Crippen LogP contribution in [0.2, 0.25) is 0 Å². The van der Waals surface area contributed by atoms with E-state index < -0.39 is 6.04 Å². The molecule has 4 rings (SSSR count). The van der Waals surface area contributed by atoms with Crippen LogP contribution >= 0.6 is 0 Å².